The third-order valence-electron chi connectivity index (χ3n) is 6.83. The first-order valence-electron chi connectivity index (χ1n) is 12.5. The van der Waals surface area contributed by atoms with Gasteiger partial charge in [-0.1, -0.05) is 18.2 Å². The molecule has 190 valence electrons. The van der Waals surface area contributed by atoms with E-state index in [1.54, 1.807) is 30.6 Å². The predicted octanol–water partition coefficient (Wildman–Crippen LogP) is 3.54. The van der Waals surface area contributed by atoms with Gasteiger partial charge in [0.15, 0.2) is 11.6 Å². The molecule has 0 amide bonds. The van der Waals surface area contributed by atoms with Crippen LogP contribution in [0, 0.1) is 23.1 Å². The summed E-state index contributed by atoms with van der Waals surface area (Å²) in [5.74, 6) is 1.07. The van der Waals surface area contributed by atoms with Crippen molar-refractivity contribution in [2.24, 2.45) is 5.92 Å². The molecular formula is C28H24FN7O2. The van der Waals surface area contributed by atoms with Gasteiger partial charge < -0.3 is 10.1 Å². The lowest BCUT2D eigenvalue weighted by atomic mass is 9.99. The molecule has 0 unspecified atom stereocenters. The van der Waals surface area contributed by atoms with Crippen LogP contribution in [-0.4, -0.2) is 43.6 Å². The third kappa shape index (κ3) is 4.60. The lowest BCUT2D eigenvalue weighted by Gasteiger charge is -2.22. The van der Waals surface area contributed by atoms with E-state index in [1.807, 2.05) is 24.3 Å². The molecule has 2 aromatic carbocycles. The number of halogens is 1. The van der Waals surface area contributed by atoms with Gasteiger partial charge in [0.25, 0.3) is 5.56 Å². The molecule has 0 bridgehead atoms. The van der Waals surface area contributed by atoms with Crippen LogP contribution in [0.3, 0.4) is 0 Å². The van der Waals surface area contributed by atoms with E-state index in [2.05, 4.69) is 26.3 Å². The van der Waals surface area contributed by atoms with Gasteiger partial charge in [-0.25, -0.2) is 15.0 Å². The second kappa shape index (κ2) is 10.0. The number of hydrogen-bond donors (Lipinski definition) is 1. The van der Waals surface area contributed by atoms with E-state index < -0.39 is 11.4 Å². The van der Waals surface area contributed by atoms with Gasteiger partial charge >= 0.3 is 0 Å². The van der Waals surface area contributed by atoms with Crippen LogP contribution in [0.1, 0.15) is 24.0 Å². The van der Waals surface area contributed by atoms with Crippen LogP contribution in [0.25, 0.3) is 28.2 Å². The molecule has 38 heavy (non-hydrogen) atoms. The standard InChI is InChI=1S/C28H24FN7O2/c29-23-16-35-25-11-19(12-30)4-5-24(25)34-28(35)36(27(23)37)15-20-2-1-3-21(10-20)26-32-13-22(14-33-26)38-17-18-6-8-31-9-7-18/h1-5,10-11,13-14,16,18,31H,6-9,15,17H2. The van der Waals surface area contributed by atoms with E-state index >= 15 is 0 Å². The number of benzene rings is 2. The highest BCUT2D eigenvalue weighted by Gasteiger charge is 2.16. The fraction of sp³-hybridized carbons (Fsp3) is 0.250. The number of nitrogens with zero attached hydrogens (tertiary/aromatic N) is 6. The Hall–Kier alpha value is -4.62. The van der Waals surface area contributed by atoms with Crippen LogP contribution in [0.2, 0.25) is 0 Å². The normalized spacial score (nSPS) is 14.1. The van der Waals surface area contributed by atoms with E-state index in [9.17, 15) is 14.4 Å². The van der Waals surface area contributed by atoms with Crippen molar-refractivity contribution in [1.29, 1.82) is 5.26 Å². The van der Waals surface area contributed by atoms with Crippen molar-refractivity contribution >= 4 is 16.8 Å². The summed E-state index contributed by atoms with van der Waals surface area (Å²) in [6.07, 6.45) is 6.65. The van der Waals surface area contributed by atoms with Crippen LogP contribution >= 0.6 is 0 Å². The zero-order chi connectivity index (χ0) is 26.1. The van der Waals surface area contributed by atoms with Gasteiger partial charge in [0.05, 0.1) is 54.4 Å². The first-order chi connectivity index (χ1) is 18.6. The first kappa shape index (κ1) is 23.8. The fourth-order valence-electron chi connectivity index (χ4n) is 4.79. The number of aromatic nitrogens is 5. The molecule has 1 aliphatic heterocycles. The molecule has 4 heterocycles. The highest BCUT2D eigenvalue weighted by Crippen LogP contribution is 2.22. The number of imidazole rings is 1. The topological polar surface area (TPSA) is 110 Å². The molecule has 6 rings (SSSR count). The minimum Gasteiger partial charge on any atom is -0.490 e. The Bertz CT molecular complexity index is 1730. The third-order valence-corrected chi connectivity index (χ3v) is 6.83. The fourth-order valence-corrected chi connectivity index (χ4v) is 4.79. The van der Waals surface area contributed by atoms with E-state index in [1.165, 1.54) is 8.97 Å². The van der Waals surface area contributed by atoms with Crippen molar-refractivity contribution in [3.63, 3.8) is 0 Å². The molecule has 0 spiro atoms. The lowest BCUT2D eigenvalue weighted by molar-refractivity contribution is 0.214. The molecule has 3 aromatic heterocycles. The van der Waals surface area contributed by atoms with E-state index in [0.717, 1.165) is 43.3 Å². The van der Waals surface area contributed by atoms with E-state index in [4.69, 9.17) is 4.74 Å². The molecule has 10 heteroatoms. The maximum Gasteiger partial charge on any atom is 0.291 e. The zero-order valence-electron chi connectivity index (χ0n) is 20.5. The summed E-state index contributed by atoms with van der Waals surface area (Å²) in [7, 11) is 0. The van der Waals surface area contributed by atoms with Gasteiger partial charge in [0, 0.05) is 5.56 Å². The molecule has 0 atom stereocenters. The van der Waals surface area contributed by atoms with Crippen molar-refractivity contribution in [3.05, 3.63) is 88.4 Å². The summed E-state index contributed by atoms with van der Waals surface area (Å²) >= 11 is 0. The van der Waals surface area contributed by atoms with Gasteiger partial charge in [0.2, 0.25) is 11.6 Å². The smallest absolute Gasteiger partial charge is 0.291 e. The summed E-state index contributed by atoms with van der Waals surface area (Å²) < 4.78 is 23.4. The van der Waals surface area contributed by atoms with Crippen molar-refractivity contribution < 1.29 is 9.13 Å². The molecule has 0 radical (unpaired) electrons. The first-order valence-corrected chi connectivity index (χ1v) is 12.5. The highest BCUT2D eigenvalue weighted by atomic mass is 19.1. The Labute approximate surface area is 217 Å². The number of nitriles is 1. The predicted molar refractivity (Wildman–Crippen MR) is 139 cm³/mol. The molecule has 1 aliphatic rings. The molecule has 1 N–H and O–H groups in total. The number of ether oxygens (including phenoxy) is 1. The Morgan fingerprint density at radius 2 is 1.95 bits per heavy atom. The molecule has 1 fully saturated rings. The summed E-state index contributed by atoms with van der Waals surface area (Å²) in [4.78, 5) is 26.3. The van der Waals surface area contributed by atoms with Crippen molar-refractivity contribution in [2.45, 2.75) is 19.4 Å². The second-order valence-electron chi connectivity index (χ2n) is 9.41. The molecule has 1 saturated heterocycles. The minimum absolute atomic E-state index is 0.0970. The lowest BCUT2D eigenvalue weighted by Crippen LogP contribution is -2.30. The second-order valence-corrected chi connectivity index (χ2v) is 9.41. The summed E-state index contributed by atoms with van der Waals surface area (Å²) in [6, 6.07) is 14.5. The minimum atomic E-state index is -0.904. The van der Waals surface area contributed by atoms with Gasteiger partial charge in [-0.2, -0.15) is 9.65 Å². The van der Waals surface area contributed by atoms with Crippen molar-refractivity contribution in [1.82, 2.24) is 29.2 Å². The Kier molecular flexibility index (Phi) is 6.27. The highest BCUT2D eigenvalue weighted by molar-refractivity contribution is 5.81. The largest absolute Gasteiger partial charge is 0.490 e. The monoisotopic (exact) mass is 509 g/mol. The van der Waals surface area contributed by atoms with Crippen LogP contribution in [-0.2, 0) is 6.54 Å². The average molecular weight is 510 g/mol. The van der Waals surface area contributed by atoms with Crippen molar-refractivity contribution in [3.8, 4) is 23.2 Å². The van der Waals surface area contributed by atoms with E-state index in [-0.39, 0.29) is 6.54 Å². The van der Waals surface area contributed by atoms with Gasteiger partial charge in [0.1, 0.15) is 0 Å². The number of nitrogens with one attached hydrogen (secondary N) is 1. The van der Waals surface area contributed by atoms with Crippen molar-refractivity contribution in [2.75, 3.05) is 19.7 Å². The van der Waals surface area contributed by atoms with Crippen LogP contribution < -0.4 is 15.6 Å². The number of piperidine rings is 1. The summed E-state index contributed by atoms with van der Waals surface area (Å²) in [5.41, 5.74) is 2.29. The van der Waals surface area contributed by atoms with Crippen LogP contribution in [0.5, 0.6) is 5.75 Å². The van der Waals surface area contributed by atoms with Gasteiger partial charge in [-0.15, -0.1) is 0 Å². The number of hydrogen-bond acceptors (Lipinski definition) is 7. The quantitative estimate of drug-likeness (QED) is 0.373. The Balaban J connectivity index is 1.27. The average Bonchev–Trinajstić information content (AvgIpc) is 3.32. The number of rotatable bonds is 6. The maximum atomic E-state index is 14.7. The molecule has 5 aromatic rings. The summed E-state index contributed by atoms with van der Waals surface area (Å²) in [5, 5.41) is 12.6. The molecule has 9 nitrogen and oxygen atoms in total. The Morgan fingerprint density at radius 3 is 2.74 bits per heavy atom. The van der Waals surface area contributed by atoms with Gasteiger partial charge in [-0.05, 0) is 61.7 Å². The Morgan fingerprint density at radius 1 is 1.13 bits per heavy atom. The SMILES string of the molecule is N#Cc1ccc2nc3n(Cc4cccc(-c5ncc(OCC6CCNCC6)cn5)c4)c(=O)c(F)cn3c2c1. The van der Waals surface area contributed by atoms with E-state index in [0.29, 0.717) is 46.5 Å². The molecule has 0 aliphatic carbocycles. The van der Waals surface area contributed by atoms with Crippen LogP contribution in [0.4, 0.5) is 4.39 Å². The summed E-state index contributed by atoms with van der Waals surface area (Å²) in [6.45, 7) is 2.79. The number of fused-ring (bicyclic) bond motifs is 3. The zero-order valence-corrected chi connectivity index (χ0v) is 20.5. The molecule has 0 saturated carbocycles. The maximum absolute atomic E-state index is 14.7. The van der Waals surface area contributed by atoms with Gasteiger partial charge in [-0.3, -0.25) is 13.8 Å². The van der Waals surface area contributed by atoms with Crippen LogP contribution in [0.15, 0.2) is 65.8 Å². The molecular weight excluding hydrogens is 485 g/mol.